The molecule has 0 aliphatic rings. The van der Waals surface area contributed by atoms with Gasteiger partial charge in [-0.15, -0.1) is 0 Å². The van der Waals surface area contributed by atoms with Crippen LogP contribution in [-0.4, -0.2) is 4.57 Å². The predicted molar refractivity (Wildman–Crippen MR) is 239 cm³/mol. The maximum atomic E-state index is 2.42. The summed E-state index contributed by atoms with van der Waals surface area (Å²) in [5.41, 5.74) is 11.7. The number of anilines is 3. The quantitative estimate of drug-likeness (QED) is 0.156. The smallest absolute Gasteiger partial charge is 0.0619 e. The Morgan fingerprint density at radius 3 is 1.62 bits per heavy atom. The molecule has 0 atom stereocenters. The summed E-state index contributed by atoms with van der Waals surface area (Å²) in [7, 11) is 0. The third-order valence-corrected chi connectivity index (χ3v) is 11.3. The lowest BCUT2D eigenvalue weighted by molar-refractivity contribution is 1.19. The molecule has 0 saturated heterocycles. The maximum absolute atomic E-state index is 2.42. The highest BCUT2D eigenvalue weighted by molar-refractivity contribution is 6.18. The van der Waals surface area contributed by atoms with Crippen molar-refractivity contribution in [2.75, 3.05) is 4.90 Å². The molecule has 0 radical (unpaired) electrons. The first-order valence-corrected chi connectivity index (χ1v) is 19.3. The van der Waals surface area contributed by atoms with E-state index in [0.29, 0.717) is 0 Å². The highest BCUT2D eigenvalue weighted by Gasteiger charge is 2.17. The summed E-state index contributed by atoms with van der Waals surface area (Å²) < 4.78 is 2.42. The predicted octanol–water partition coefficient (Wildman–Crippen LogP) is 15.0. The molecule has 1 heterocycles. The SMILES string of the molecule is c1ccc(-c2cccc(N(c3ccc(-c4ccc(-n5c6ccccc6c6ccc7ccccc7c65)cc4)cc3)c3ccc4c(ccc5ccccc54)c3)c2)cc1. The zero-order valence-corrected chi connectivity index (χ0v) is 30.7. The van der Waals surface area contributed by atoms with E-state index in [1.54, 1.807) is 0 Å². The van der Waals surface area contributed by atoms with Crippen molar-refractivity contribution in [1.82, 2.24) is 4.57 Å². The first-order valence-electron chi connectivity index (χ1n) is 19.3. The van der Waals surface area contributed by atoms with Crippen LogP contribution in [0.1, 0.15) is 0 Å². The van der Waals surface area contributed by atoms with Gasteiger partial charge in [-0.2, -0.15) is 0 Å². The van der Waals surface area contributed by atoms with Crippen LogP contribution in [0.4, 0.5) is 17.1 Å². The number of aromatic nitrogens is 1. The highest BCUT2D eigenvalue weighted by Crippen LogP contribution is 2.41. The first-order chi connectivity index (χ1) is 27.8. The van der Waals surface area contributed by atoms with E-state index in [-0.39, 0.29) is 0 Å². The largest absolute Gasteiger partial charge is 0.310 e. The van der Waals surface area contributed by atoms with Gasteiger partial charge in [0.1, 0.15) is 0 Å². The van der Waals surface area contributed by atoms with Crippen molar-refractivity contribution in [1.29, 1.82) is 0 Å². The zero-order valence-electron chi connectivity index (χ0n) is 30.7. The Bertz CT molecular complexity index is 3230. The fraction of sp³-hybridized carbons (Fsp3) is 0. The van der Waals surface area contributed by atoms with Crippen LogP contribution in [0.15, 0.2) is 218 Å². The van der Waals surface area contributed by atoms with Crippen LogP contribution >= 0.6 is 0 Å². The molecule has 1 aromatic heterocycles. The molecule has 10 aromatic carbocycles. The monoisotopic (exact) mass is 712 g/mol. The molecule has 0 aliphatic heterocycles. The Kier molecular flexibility index (Phi) is 7.53. The van der Waals surface area contributed by atoms with Crippen molar-refractivity contribution in [3.05, 3.63) is 218 Å². The number of fused-ring (bicyclic) bond motifs is 8. The molecule has 2 heteroatoms. The summed E-state index contributed by atoms with van der Waals surface area (Å²) in [6.07, 6.45) is 0. The Hall–Kier alpha value is -7.42. The molecule has 0 bridgehead atoms. The van der Waals surface area contributed by atoms with E-state index in [4.69, 9.17) is 0 Å². The highest BCUT2D eigenvalue weighted by atomic mass is 15.1. The molecule has 0 N–H and O–H groups in total. The lowest BCUT2D eigenvalue weighted by atomic mass is 10.0. The molecule has 0 saturated carbocycles. The lowest BCUT2D eigenvalue weighted by Gasteiger charge is -2.27. The zero-order chi connectivity index (χ0) is 37.0. The topological polar surface area (TPSA) is 8.17 Å². The van der Waals surface area contributed by atoms with Crippen LogP contribution in [0, 0.1) is 0 Å². The summed E-state index contributed by atoms with van der Waals surface area (Å²) in [6, 6.07) is 79.4. The van der Waals surface area contributed by atoms with Crippen LogP contribution in [-0.2, 0) is 0 Å². The van der Waals surface area contributed by atoms with Crippen molar-refractivity contribution in [2.45, 2.75) is 0 Å². The number of hydrogen-bond donors (Lipinski definition) is 0. The van der Waals surface area contributed by atoms with Crippen molar-refractivity contribution in [3.8, 4) is 27.9 Å². The summed E-state index contributed by atoms with van der Waals surface area (Å²) in [4.78, 5) is 2.38. The molecule has 0 fully saturated rings. The second-order valence-corrected chi connectivity index (χ2v) is 14.6. The van der Waals surface area contributed by atoms with E-state index >= 15 is 0 Å². The summed E-state index contributed by atoms with van der Waals surface area (Å²) in [5, 5.41) is 10.1. The fourth-order valence-corrected chi connectivity index (χ4v) is 8.65. The van der Waals surface area contributed by atoms with Gasteiger partial charge >= 0.3 is 0 Å². The summed E-state index contributed by atoms with van der Waals surface area (Å²) in [6.45, 7) is 0. The van der Waals surface area contributed by atoms with Gasteiger partial charge in [0.05, 0.1) is 11.0 Å². The molecule has 2 nitrogen and oxygen atoms in total. The van der Waals surface area contributed by atoms with Gasteiger partial charge in [-0.05, 0) is 104 Å². The standard InChI is InChI=1S/C54H36N2/c1-2-11-37(12-3-1)42-15-10-16-46(35-42)55(47-32-34-49-43(36-47)22-21-40-13-4-6-17-48(40)49)44-28-23-38(24-29-44)39-25-30-45(31-26-39)56-53-20-9-8-19-51(53)52-33-27-41-14-5-7-18-50(41)54(52)56/h1-36H. The average molecular weight is 713 g/mol. The molecule has 11 rings (SSSR count). The Labute approximate surface area is 325 Å². The maximum Gasteiger partial charge on any atom is 0.0619 e. The number of benzene rings is 10. The van der Waals surface area contributed by atoms with Crippen LogP contribution < -0.4 is 4.90 Å². The molecular formula is C54H36N2. The minimum atomic E-state index is 1.10. The molecule has 0 amide bonds. The Morgan fingerprint density at radius 1 is 0.286 bits per heavy atom. The average Bonchev–Trinajstić information content (AvgIpc) is 3.62. The van der Waals surface area contributed by atoms with E-state index in [9.17, 15) is 0 Å². The second kappa shape index (κ2) is 13.2. The molecule has 0 aliphatic carbocycles. The first kappa shape index (κ1) is 32.0. The number of nitrogens with zero attached hydrogens (tertiary/aromatic N) is 2. The van der Waals surface area contributed by atoms with Gasteiger partial charge in [-0.3, -0.25) is 0 Å². The van der Waals surface area contributed by atoms with E-state index in [2.05, 4.69) is 228 Å². The molecule has 0 unspecified atom stereocenters. The fourth-order valence-electron chi connectivity index (χ4n) is 8.65. The van der Waals surface area contributed by atoms with Crippen molar-refractivity contribution in [2.24, 2.45) is 0 Å². The molecule has 56 heavy (non-hydrogen) atoms. The third-order valence-electron chi connectivity index (χ3n) is 11.3. The molecule has 0 spiro atoms. The third kappa shape index (κ3) is 5.34. The molecular weight excluding hydrogens is 677 g/mol. The normalized spacial score (nSPS) is 11.6. The van der Waals surface area contributed by atoms with Gasteiger partial charge in [-0.1, -0.05) is 164 Å². The van der Waals surface area contributed by atoms with Gasteiger partial charge in [0, 0.05) is 38.9 Å². The van der Waals surface area contributed by atoms with Gasteiger partial charge in [0.25, 0.3) is 0 Å². The summed E-state index contributed by atoms with van der Waals surface area (Å²) >= 11 is 0. The minimum Gasteiger partial charge on any atom is -0.310 e. The van der Waals surface area contributed by atoms with Crippen LogP contribution in [0.3, 0.4) is 0 Å². The van der Waals surface area contributed by atoms with Gasteiger partial charge < -0.3 is 9.47 Å². The van der Waals surface area contributed by atoms with Crippen LogP contribution in [0.5, 0.6) is 0 Å². The molecule has 11 aromatic rings. The van der Waals surface area contributed by atoms with Crippen LogP contribution in [0.25, 0.3) is 82.1 Å². The van der Waals surface area contributed by atoms with Crippen LogP contribution in [0.2, 0.25) is 0 Å². The summed E-state index contributed by atoms with van der Waals surface area (Å²) in [5.74, 6) is 0. The van der Waals surface area contributed by atoms with E-state index in [0.717, 1.165) is 22.7 Å². The Morgan fingerprint density at radius 2 is 0.821 bits per heavy atom. The number of rotatable bonds is 6. The van der Waals surface area contributed by atoms with Gasteiger partial charge in [0.2, 0.25) is 0 Å². The Balaban J connectivity index is 0.994. The van der Waals surface area contributed by atoms with Crippen molar-refractivity contribution in [3.63, 3.8) is 0 Å². The number of para-hydroxylation sites is 1. The number of hydrogen-bond acceptors (Lipinski definition) is 1. The minimum absolute atomic E-state index is 1.10. The molecule has 262 valence electrons. The van der Waals surface area contributed by atoms with Gasteiger partial charge in [-0.25, -0.2) is 0 Å². The van der Waals surface area contributed by atoms with Crippen molar-refractivity contribution < 1.29 is 0 Å². The second-order valence-electron chi connectivity index (χ2n) is 14.6. The lowest BCUT2D eigenvalue weighted by Crippen LogP contribution is -2.10. The van der Waals surface area contributed by atoms with E-state index < -0.39 is 0 Å². The van der Waals surface area contributed by atoms with E-state index in [1.807, 2.05) is 0 Å². The van der Waals surface area contributed by atoms with Crippen molar-refractivity contribution >= 4 is 71.2 Å². The van der Waals surface area contributed by atoms with E-state index in [1.165, 1.54) is 76.4 Å². The van der Waals surface area contributed by atoms with Gasteiger partial charge in [0.15, 0.2) is 0 Å².